The van der Waals surface area contributed by atoms with Crippen molar-refractivity contribution in [3.8, 4) is 0 Å². The van der Waals surface area contributed by atoms with Crippen LogP contribution in [0.25, 0.3) is 0 Å². The molecule has 5 nitrogen and oxygen atoms in total. The Morgan fingerprint density at radius 1 is 1.30 bits per heavy atom. The molecular formula is C14H25N3O2S. The molecule has 1 unspecified atom stereocenters. The summed E-state index contributed by atoms with van der Waals surface area (Å²) in [5, 5.41) is 0. The normalized spacial score (nSPS) is 28.2. The van der Waals surface area contributed by atoms with E-state index < -0.39 is 6.04 Å². The van der Waals surface area contributed by atoms with Gasteiger partial charge in [-0.2, -0.15) is 0 Å². The molecule has 0 aromatic rings. The molecule has 0 bridgehead atoms. The maximum Gasteiger partial charge on any atom is 0.239 e. The van der Waals surface area contributed by atoms with Gasteiger partial charge in [-0.25, -0.2) is 0 Å². The van der Waals surface area contributed by atoms with E-state index in [0.29, 0.717) is 6.54 Å². The Morgan fingerprint density at radius 3 is 2.60 bits per heavy atom. The van der Waals surface area contributed by atoms with Crippen molar-refractivity contribution in [2.24, 2.45) is 11.7 Å². The summed E-state index contributed by atoms with van der Waals surface area (Å²) in [5.74, 6) is 1.23. The molecule has 20 heavy (non-hydrogen) atoms. The number of nitrogens with zero attached hydrogens (tertiary/aromatic N) is 2. The highest BCUT2D eigenvalue weighted by Gasteiger charge is 2.47. The van der Waals surface area contributed by atoms with Crippen LogP contribution in [0, 0.1) is 5.92 Å². The Morgan fingerprint density at radius 2 is 2.00 bits per heavy atom. The molecule has 2 heterocycles. The van der Waals surface area contributed by atoms with Crippen molar-refractivity contribution in [1.29, 1.82) is 0 Å². The number of carbonyl (C=O) groups is 2. The number of likely N-dealkylation sites (tertiary alicyclic amines) is 1. The maximum atomic E-state index is 12.4. The molecule has 2 aliphatic heterocycles. The number of rotatable bonds is 2. The highest BCUT2D eigenvalue weighted by Crippen LogP contribution is 2.42. The van der Waals surface area contributed by atoms with E-state index in [9.17, 15) is 9.59 Å². The van der Waals surface area contributed by atoms with E-state index in [4.69, 9.17) is 5.73 Å². The molecule has 2 fully saturated rings. The van der Waals surface area contributed by atoms with Crippen LogP contribution in [-0.2, 0) is 9.59 Å². The van der Waals surface area contributed by atoms with Crippen molar-refractivity contribution < 1.29 is 9.59 Å². The smallest absolute Gasteiger partial charge is 0.239 e. The van der Waals surface area contributed by atoms with Crippen molar-refractivity contribution >= 4 is 23.6 Å². The summed E-state index contributed by atoms with van der Waals surface area (Å²) in [6.07, 6.45) is 1.91. The maximum absolute atomic E-state index is 12.4. The van der Waals surface area contributed by atoms with Crippen LogP contribution in [0.1, 0.15) is 33.6 Å². The monoisotopic (exact) mass is 299 g/mol. The molecule has 2 rings (SSSR count). The largest absolute Gasteiger partial charge is 0.338 e. The first-order valence-corrected chi connectivity index (χ1v) is 8.32. The first-order chi connectivity index (χ1) is 9.37. The summed E-state index contributed by atoms with van der Waals surface area (Å²) in [6.45, 7) is 7.72. The fourth-order valence-electron chi connectivity index (χ4n) is 3.08. The Labute approximate surface area is 125 Å². The first kappa shape index (κ1) is 15.6. The number of carbonyl (C=O) groups excluding carboxylic acids is 2. The molecule has 2 amide bonds. The lowest BCUT2D eigenvalue weighted by Crippen LogP contribution is -2.59. The van der Waals surface area contributed by atoms with Crippen LogP contribution in [0.15, 0.2) is 0 Å². The number of piperidine rings is 1. The summed E-state index contributed by atoms with van der Waals surface area (Å²) in [7, 11) is 0. The summed E-state index contributed by atoms with van der Waals surface area (Å²) >= 11 is 1.81. The van der Waals surface area contributed by atoms with Gasteiger partial charge in [-0.1, -0.05) is 13.8 Å². The summed E-state index contributed by atoms with van der Waals surface area (Å²) in [6, 6.07) is -0.442. The topological polar surface area (TPSA) is 66.6 Å². The predicted molar refractivity (Wildman–Crippen MR) is 81.2 cm³/mol. The van der Waals surface area contributed by atoms with Gasteiger partial charge in [-0.05, 0) is 18.8 Å². The lowest BCUT2D eigenvalue weighted by Gasteiger charge is -2.45. The highest BCUT2D eigenvalue weighted by atomic mass is 32.2. The number of hydrogen-bond donors (Lipinski definition) is 1. The SMILES string of the molecule is CC(=O)N1CCSC12CCCN(C(=O)[C@@H](N)C(C)C)C2. The third-order valence-electron chi connectivity index (χ3n) is 4.31. The number of hydrogen-bond acceptors (Lipinski definition) is 4. The molecule has 2 aliphatic rings. The van der Waals surface area contributed by atoms with Gasteiger partial charge in [0.2, 0.25) is 11.8 Å². The zero-order chi connectivity index (χ0) is 14.9. The highest BCUT2D eigenvalue weighted by molar-refractivity contribution is 8.00. The second-order valence-corrected chi connectivity index (χ2v) is 7.56. The molecular weight excluding hydrogens is 274 g/mol. The van der Waals surface area contributed by atoms with Crippen molar-refractivity contribution in [2.45, 2.75) is 44.5 Å². The molecule has 0 aliphatic carbocycles. The van der Waals surface area contributed by atoms with Gasteiger partial charge in [0, 0.05) is 25.8 Å². The van der Waals surface area contributed by atoms with E-state index in [2.05, 4.69) is 0 Å². The van der Waals surface area contributed by atoms with E-state index in [1.165, 1.54) is 0 Å². The standard InChI is InChI=1S/C14H25N3O2S/c1-10(2)12(15)13(19)16-6-4-5-14(9-16)17(11(3)18)7-8-20-14/h10,12H,4-9,15H2,1-3H3/t12-,14?/m0/s1. The Hall–Kier alpha value is -0.750. The van der Waals surface area contributed by atoms with Crippen LogP contribution < -0.4 is 5.73 Å². The Balaban J connectivity index is 2.12. The van der Waals surface area contributed by atoms with Gasteiger partial charge in [0.25, 0.3) is 0 Å². The number of nitrogens with two attached hydrogens (primary N) is 1. The van der Waals surface area contributed by atoms with Gasteiger partial charge >= 0.3 is 0 Å². The van der Waals surface area contributed by atoms with E-state index in [-0.39, 0.29) is 22.6 Å². The fourth-order valence-corrected chi connectivity index (χ4v) is 4.64. The summed E-state index contributed by atoms with van der Waals surface area (Å²) < 4.78 is 0. The van der Waals surface area contributed by atoms with Crippen LogP contribution >= 0.6 is 11.8 Å². The molecule has 0 aromatic carbocycles. The van der Waals surface area contributed by atoms with Gasteiger partial charge < -0.3 is 15.5 Å². The molecule has 0 saturated carbocycles. The molecule has 114 valence electrons. The zero-order valence-electron chi connectivity index (χ0n) is 12.6. The average Bonchev–Trinajstić information content (AvgIpc) is 2.80. The van der Waals surface area contributed by atoms with Gasteiger partial charge in [0.1, 0.15) is 4.87 Å². The van der Waals surface area contributed by atoms with Gasteiger partial charge in [0.05, 0.1) is 12.6 Å². The minimum Gasteiger partial charge on any atom is -0.338 e. The lowest BCUT2D eigenvalue weighted by atomic mass is 9.99. The Bertz CT molecular complexity index is 402. The van der Waals surface area contributed by atoms with Crippen LogP contribution in [-0.4, -0.2) is 57.9 Å². The van der Waals surface area contributed by atoms with E-state index in [1.807, 2.05) is 35.4 Å². The van der Waals surface area contributed by atoms with Crippen LogP contribution in [0.2, 0.25) is 0 Å². The minimum atomic E-state index is -0.442. The van der Waals surface area contributed by atoms with Crippen LogP contribution in [0.4, 0.5) is 0 Å². The second kappa shape index (κ2) is 5.93. The average molecular weight is 299 g/mol. The molecule has 2 atom stereocenters. The predicted octanol–water partition coefficient (Wildman–Crippen LogP) is 0.884. The zero-order valence-corrected chi connectivity index (χ0v) is 13.4. The number of amides is 2. The van der Waals surface area contributed by atoms with Gasteiger partial charge in [0.15, 0.2) is 0 Å². The van der Waals surface area contributed by atoms with E-state index in [0.717, 1.165) is 31.7 Å². The second-order valence-electron chi connectivity index (χ2n) is 6.10. The van der Waals surface area contributed by atoms with Crippen molar-refractivity contribution in [3.05, 3.63) is 0 Å². The fraction of sp³-hybridized carbons (Fsp3) is 0.857. The van der Waals surface area contributed by atoms with E-state index >= 15 is 0 Å². The molecule has 1 spiro atoms. The van der Waals surface area contributed by atoms with Crippen LogP contribution in [0.5, 0.6) is 0 Å². The molecule has 6 heteroatoms. The third-order valence-corrected chi connectivity index (χ3v) is 5.78. The third kappa shape index (κ3) is 2.81. The van der Waals surface area contributed by atoms with Gasteiger partial charge in [-0.15, -0.1) is 11.8 Å². The van der Waals surface area contributed by atoms with Gasteiger partial charge in [-0.3, -0.25) is 9.59 Å². The first-order valence-electron chi connectivity index (χ1n) is 7.34. The van der Waals surface area contributed by atoms with Crippen LogP contribution in [0.3, 0.4) is 0 Å². The summed E-state index contributed by atoms with van der Waals surface area (Å²) in [4.78, 5) is 27.9. The Kier molecular flexibility index (Phi) is 4.64. The van der Waals surface area contributed by atoms with E-state index in [1.54, 1.807) is 6.92 Å². The molecule has 0 aromatic heterocycles. The summed E-state index contributed by atoms with van der Waals surface area (Å²) in [5.41, 5.74) is 5.99. The van der Waals surface area contributed by atoms with Crippen molar-refractivity contribution in [3.63, 3.8) is 0 Å². The van der Waals surface area contributed by atoms with Crippen molar-refractivity contribution in [1.82, 2.24) is 9.80 Å². The van der Waals surface area contributed by atoms with Crippen molar-refractivity contribution in [2.75, 3.05) is 25.4 Å². The lowest BCUT2D eigenvalue weighted by molar-refractivity contribution is -0.140. The molecule has 2 N–H and O–H groups in total. The molecule has 0 radical (unpaired) electrons. The quantitative estimate of drug-likeness (QED) is 0.822. The molecule has 2 saturated heterocycles. The number of thioether (sulfide) groups is 1. The minimum absolute atomic E-state index is 0.0232.